The number of amides is 1. The molecule has 26 heavy (non-hydrogen) atoms. The zero-order chi connectivity index (χ0) is 18.5. The van der Waals surface area contributed by atoms with E-state index < -0.39 is 0 Å². The Morgan fingerprint density at radius 1 is 1.15 bits per heavy atom. The maximum Gasteiger partial charge on any atom is 0.254 e. The lowest BCUT2D eigenvalue weighted by Crippen LogP contribution is -2.33. The van der Waals surface area contributed by atoms with E-state index in [1.165, 1.54) is 11.3 Å². The van der Waals surface area contributed by atoms with Gasteiger partial charge in [-0.1, -0.05) is 18.2 Å². The van der Waals surface area contributed by atoms with Crippen LogP contribution in [0.5, 0.6) is 0 Å². The molecule has 5 nitrogen and oxygen atoms in total. The topological polar surface area (TPSA) is 66.3 Å². The van der Waals surface area contributed by atoms with E-state index in [0.29, 0.717) is 12.1 Å². The molecule has 0 fully saturated rings. The van der Waals surface area contributed by atoms with Crippen LogP contribution in [-0.4, -0.2) is 39.0 Å². The van der Waals surface area contributed by atoms with Gasteiger partial charge in [-0.3, -0.25) is 9.78 Å². The number of nitrogens with zero attached hydrogens (tertiary/aromatic N) is 3. The maximum absolute atomic E-state index is 12.8. The van der Waals surface area contributed by atoms with Gasteiger partial charge in [0.2, 0.25) is 0 Å². The molecule has 134 valence electrons. The van der Waals surface area contributed by atoms with Crippen molar-refractivity contribution in [2.24, 2.45) is 0 Å². The fourth-order valence-corrected chi connectivity index (χ4v) is 3.26. The molecule has 0 atom stereocenters. The Morgan fingerprint density at radius 3 is 2.54 bits per heavy atom. The number of thiazole rings is 1. The highest BCUT2D eigenvalue weighted by Gasteiger charge is 2.17. The summed E-state index contributed by atoms with van der Waals surface area (Å²) in [5.74, 6) is -0.117. The molecule has 2 heterocycles. The quantitative estimate of drug-likeness (QED) is 0.725. The molecule has 0 saturated heterocycles. The SMILES string of the molecule is Cc1ccc(-c2ccc(C(=O)N(CCO)Cc3nccs3)cc2)nc1C. The number of carbonyl (C=O) groups is 1. The lowest BCUT2D eigenvalue weighted by Gasteiger charge is -2.20. The number of pyridine rings is 1. The molecule has 3 rings (SSSR count). The third-order valence-electron chi connectivity index (χ3n) is 4.24. The van der Waals surface area contributed by atoms with Crippen molar-refractivity contribution in [3.05, 3.63) is 69.8 Å². The summed E-state index contributed by atoms with van der Waals surface area (Å²) in [7, 11) is 0. The Balaban J connectivity index is 1.79. The predicted octanol–water partition coefficient (Wildman–Crippen LogP) is 3.46. The van der Waals surface area contributed by atoms with E-state index in [-0.39, 0.29) is 19.1 Å². The first kappa shape index (κ1) is 18.2. The summed E-state index contributed by atoms with van der Waals surface area (Å²) in [5, 5.41) is 12.0. The minimum atomic E-state index is -0.117. The van der Waals surface area contributed by atoms with Gasteiger partial charge in [-0.2, -0.15) is 0 Å². The van der Waals surface area contributed by atoms with Crippen LogP contribution in [0.2, 0.25) is 0 Å². The van der Waals surface area contributed by atoms with E-state index >= 15 is 0 Å². The smallest absolute Gasteiger partial charge is 0.254 e. The van der Waals surface area contributed by atoms with Gasteiger partial charge in [-0.15, -0.1) is 11.3 Å². The second-order valence-corrected chi connectivity index (χ2v) is 7.03. The molecule has 1 amide bonds. The van der Waals surface area contributed by atoms with Gasteiger partial charge in [0.15, 0.2) is 0 Å². The average molecular weight is 367 g/mol. The van der Waals surface area contributed by atoms with Gasteiger partial charge in [0.05, 0.1) is 18.8 Å². The summed E-state index contributed by atoms with van der Waals surface area (Å²) in [5.41, 5.74) is 4.60. The van der Waals surface area contributed by atoms with Gasteiger partial charge >= 0.3 is 0 Å². The van der Waals surface area contributed by atoms with Crippen molar-refractivity contribution in [2.45, 2.75) is 20.4 Å². The maximum atomic E-state index is 12.8. The first-order valence-electron chi connectivity index (χ1n) is 8.41. The van der Waals surface area contributed by atoms with E-state index in [9.17, 15) is 9.90 Å². The summed E-state index contributed by atoms with van der Waals surface area (Å²) >= 11 is 1.50. The fourth-order valence-electron chi connectivity index (χ4n) is 2.63. The van der Waals surface area contributed by atoms with Crippen molar-refractivity contribution >= 4 is 17.2 Å². The van der Waals surface area contributed by atoms with Crippen LogP contribution in [0, 0.1) is 13.8 Å². The number of aliphatic hydroxyl groups excluding tert-OH is 1. The van der Waals surface area contributed by atoms with Crippen molar-refractivity contribution in [1.29, 1.82) is 0 Å². The Bertz CT molecular complexity index is 877. The van der Waals surface area contributed by atoms with Crippen LogP contribution in [0.1, 0.15) is 26.6 Å². The molecule has 1 N–H and O–H groups in total. The standard InChI is InChI=1S/C20H21N3O2S/c1-14-3-8-18(22-15(14)2)16-4-6-17(7-5-16)20(25)23(10-11-24)13-19-21-9-12-26-19/h3-9,12,24H,10-11,13H2,1-2H3. The number of carbonyl (C=O) groups excluding carboxylic acids is 1. The van der Waals surface area contributed by atoms with Crippen molar-refractivity contribution in [2.75, 3.05) is 13.2 Å². The van der Waals surface area contributed by atoms with Crippen LogP contribution >= 0.6 is 11.3 Å². The Kier molecular flexibility index (Phi) is 5.75. The second kappa shape index (κ2) is 8.21. The molecular weight excluding hydrogens is 346 g/mol. The molecule has 0 spiro atoms. The molecule has 0 aliphatic heterocycles. The Morgan fingerprint density at radius 2 is 1.92 bits per heavy atom. The molecule has 0 unspecified atom stereocenters. The third kappa shape index (κ3) is 4.15. The fraction of sp³-hybridized carbons (Fsp3) is 0.250. The van der Waals surface area contributed by atoms with Crippen LogP contribution < -0.4 is 0 Å². The number of hydrogen-bond acceptors (Lipinski definition) is 5. The largest absolute Gasteiger partial charge is 0.395 e. The number of benzene rings is 1. The number of hydrogen-bond donors (Lipinski definition) is 1. The van der Waals surface area contributed by atoms with Crippen LogP contribution in [0.25, 0.3) is 11.3 Å². The molecule has 0 radical (unpaired) electrons. The van der Waals surface area contributed by atoms with E-state index in [1.54, 1.807) is 23.2 Å². The average Bonchev–Trinajstić information content (AvgIpc) is 3.16. The van der Waals surface area contributed by atoms with Crippen molar-refractivity contribution in [3.8, 4) is 11.3 Å². The van der Waals surface area contributed by atoms with Crippen LogP contribution in [0.4, 0.5) is 0 Å². The monoisotopic (exact) mass is 367 g/mol. The first-order valence-corrected chi connectivity index (χ1v) is 9.29. The number of aryl methyl sites for hydroxylation is 2. The molecule has 0 bridgehead atoms. The summed E-state index contributed by atoms with van der Waals surface area (Å²) in [6, 6.07) is 11.5. The van der Waals surface area contributed by atoms with Gasteiger partial charge in [0, 0.05) is 34.9 Å². The summed E-state index contributed by atoms with van der Waals surface area (Å²) < 4.78 is 0. The van der Waals surface area contributed by atoms with Gasteiger partial charge in [-0.05, 0) is 37.6 Å². The van der Waals surface area contributed by atoms with Crippen molar-refractivity contribution in [1.82, 2.24) is 14.9 Å². The summed E-state index contributed by atoms with van der Waals surface area (Å²) in [6.07, 6.45) is 1.72. The van der Waals surface area contributed by atoms with Crippen LogP contribution in [0.3, 0.4) is 0 Å². The molecule has 0 aliphatic carbocycles. The van der Waals surface area contributed by atoms with E-state index in [1.807, 2.05) is 43.5 Å². The van der Waals surface area contributed by atoms with Gasteiger partial charge in [-0.25, -0.2) is 4.98 Å². The minimum Gasteiger partial charge on any atom is -0.395 e. The Labute approximate surface area is 157 Å². The van der Waals surface area contributed by atoms with Gasteiger partial charge in [0.25, 0.3) is 5.91 Å². The molecular formula is C20H21N3O2S. The first-order chi connectivity index (χ1) is 12.6. The predicted molar refractivity (Wildman–Crippen MR) is 103 cm³/mol. The lowest BCUT2D eigenvalue weighted by molar-refractivity contribution is 0.0707. The zero-order valence-corrected chi connectivity index (χ0v) is 15.7. The van der Waals surface area contributed by atoms with Crippen LogP contribution in [0.15, 0.2) is 48.0 Å². The van der Waals surface area contributed by atoms with Gasteiger partial charge in [0.1, 0.15) is 5.01 Å². The van der Waals surface area contributed by atoms with E-state index in [0.717, 1.165) is 27.5 Å². The van der Waals surface area contributed by atoms with E-state index in [2.05, 4.69) is 9.97 Å². The minimum absolute atomic E-state index is 0.0816. The summed E-state index contributed by atoms with van der Waals surface area (Å²) in [4.78, 5) is 23.2. The molecule has 6 heteroatoms. The van der Waals surface area contributed by atoms with Crippen molar-refractivity contribution < 1.29 is 9.90 Å². The molecule has 2 aromatic heterocycles. The number of aliphatic hydroxyl groups is 1. The Hall–Kier alpha value is -2.57. The van der Waals surface area contributed by atoms with E-state index in [4.69, 9.17) is 0 Å². The molecule has 1 aromatic carbocycles. The highest BCUT2D eigenvalue weighted by Crippen LogP contribution is 2.20. The molecule has 0 aliphatic rings. The highest BCUT2D eigenvalue weighted by atomic mass is 32.1. The number of aromatic nitrogens is 2. The lowest BCUT2D eigenvalue weighted by atomic mass is 10.1. The normalized spacial score (nSPS) is 10.7. The number of rotatable bonds is 6. The zero-order valence-electron chi connectivity index (χ0n) is 14.8. The van der Waals surface area contributed by atoms with Crippen LogP contribution in [-0.2, 0) is 6.54 Å². The summed E-state index contributed by atoms with van der Waals surface area (Å²) in [6.45, 7) is 4.62. The van der Waals surface area contributed by atoms with Crippen molar-refractivity contribution in [3.63, 3.8) is 0 Å². The highest BCUT2D eigenvalue weighted by molar-refractivity contribution is 7.09. The van der Waals surface area contributed by atoms with Gasteiger partial charge < -0.3 is 10.0 Å². The molecule has 3 aromatic rings. The second-order valence-electron chi connectivity index (χ2n) is 6.05. The molecule has 0 saturated carbocycles. The third-order valence-corrected chi connectivity index (χ3v) is 5.01.